The van der Waals surface area contributed by atoms with Gasteiger partial charge in [0.15, 0.2) is 0 Å². The van der Waals surface area contributed by atoms with Gasteiger partial charge in [-0.05, 0) is 43.5 Å². The quantitative estimate of drug-likeness (QED) is 0.609. The lowest BCUT2D eigenvalue weighted by Gasteiger charge is -2.23. The number of benzene rings is 2. The summed E-state index contributed by atoms with van der Waals surface area (Å²) in [6.07, 6.45) is 1.59. The van der Waals surface area contributed by atoms with E-state index in [2.05, 4.69) is 40.1 Å². The molecule has 1 fully saturated rings. The number of hydrazine groups is 1. The third-order valence-corrected chi connectivity index (χ3v) is 5.25. The number of halogens is 1. The van der Waals surface area contributed by atoms with E-state index < -0.39 is 0 Å². The molecule has 0 radical (unpaired) electrons. The van der Waals surface area contributed by atoms with Gasteiger partial charge in [0.05, 0.1) is 0 Å². The highest BCUT2D eigenvalue weighted by Gasteiger charge is 2.30. The van der Waals surface area contributed by atoms with Crippen molar-refractivity contribution >= 4 is 23.2 Å². The first-order valence-corrected chi connectivity index (χ1v) is 9.90. The van der Waals surface area contributed by atoms with Crippen molar-refractivity contribution in [2.24, 2.45) is 0 Å². The molecule has 0 bridgehead atoms. The summed E-state index contributed by atoms with van der Waals surface area (Å²) >= 11 is 6.25. The molecule has 3 rings (SSSR count). The first-order valence-electron chi connectivity index (χ1n) is 9.52. The third kappa shape index (κ3) is 5.22. The van der Waals surface area contributed by atoms with E-state index >= 15 is 0 Å². The molecule has 1 aliphatic rings. The number of carbonyl (C=O) groups is 1. The molecule has 144 valence electrons. The van der Waals surface area contributed by atoms with Gasteiger partial charge >= 0.3 is 0 Å². The Bertz CT molecular complexity index is 740. The van der Waals surface area contributed by atoms with Crippen LogP contribution in [0.2, 0.25) is 5.02 Å². The van der Waals surface area contributed by atoms with Gasteiger partial charge in [-0.1, -0.05) is 48.0 Å². The molecule has 5 nitrogen and oxygen atoms in total. The van der Waals surface area contributed by atoms with Gasteiger partial charge in [-0.15, -0.1) is 0 Å². The number of anilines is 1. The summed E-state index contributed by atoms with van der Waals surface area (Å²) in [5, 5.41) is 3.76. The predicted octanol–water partition coefficient (Wildman–Crippen LogP) is 3.28. The van der Waals surface area contributed by atoms with Crippen LogP contribution >= 0.6 is 11.6 Å². The first-order chi connectivity index (χ1) is 13.2. The molecule has 1 heterocycles. The van der Waals surface area contributed by atoms with E-state index in [1.54, 1.807) is 0 Å². The molecule has 2 aromatic carbocycles. The minimum atomic E-state index is -0.248. The van der Waals surface area contributed by atoms with Crippen molar-refractivity contribution in [3.05, 3.63) is 65.2 Å². The van der Waals surface area contributed by atoms with Crippen molar-refractivity contribution in [2.45, 2.75) is 31.8 Å². The molecule has 0 aromatic heterocycles. The Hall–Kier alpha value is -2.08. The van der Waals surface area contributed by atoms with Gasteiger partial charge in [-0.25, -0.2) is 10.9 Å². The molecule has 1 saturated heterocycles. The van der Waals surface area contributed by atoms with E-state index in [9.17, 15) is 4.79 Å². The van der Waals surface area contributed by atoms with Gasteiger partial charge in [-0.2, -0.15) is 0 Å². The second kappa shape index (κ2) is 9.74. The van der Waals surface area contributed by atoms with Crippen LogP contribution in [-0.2, 0) is 4.79 Å². The zero-order chi connectivity index (χ0) is 19.1. The summed E-state index contributed by atoms with van der Waals surface area (Å²) in [5.74, 6) is 0.0276. The molecule has 2 unspecified atom stereocenters. The van der Waals surface area contributed by atoms with E-state index in [0.29, 0.717) is 13.0 Å². The largest absolute Gasteiger partial charge is 0.372 e. The first kappa shape index (κ1) is 19.7. The van der Waals surface area contributed by atoms with Crippen LogP contribution in [0.4, 0.5) is 5.69 Å². The highest BCUT2D eigenvalue weighted by atomic mass is 35.5. The van der Waals surface area contributed by atoms with Gasteiger partial charge in [0.25, 0.3) is 0 Å². The van der Waals surface area contributed by atoms with Crippen LogP contribution in [0.3, 0.4) is 0 Å². The molecular weight excluding hydrogens is 360 g/mol. The molecule has 0 spiro atoms. The van der Waals surface area contributed by atoms with Gasteiger partial charge in [0, 0.05) is 36.4 Å². The van der Waals surface area contributed by atoms with Crippen LogP contribution in [0.5, 0.6) is 0 Å². The monoisotopic (exact) mass is 386 g/mol. The summed E-state index contributed by atoms with van der Waals surface area (Å²) in [5.41, 5.74) is 8.50. The van der Waals surface area contributed by atoms with E-state index in [4.69, 9.17) is 11.6 Å². The number of hydrogen-bond donors (Lipinski definition) is 3. The Morgan fingerprint density at radius 3 is 2.63 bits per heavy atom. The van der Waals surface area contributed by atoms with Crippen molar-refractivity contribution in [1.82, 2.24) is 16.2 Å². The normalized spacial score (nSPS) is 19.0. The number of carbonyl (C=O) groups excluding carboxylic acids is 1. The zero-order valence-corrected chi connectivity index (χ0v) is 16.4. The average molecular weight is 387 g/mol. The molecule has 2 aromatic rings. The second-order valence-corrected chi connectivity index (χ2v) is 7.12. The van der Waals surface area contributed by atoms with Crippen LogP contribution in [-0.4, -0.2) is 31.6 Å². The highest BCUT2D eigenvalue weighted by molar-refractivity contribution is 6.31. The molecule has 1 aliphatic heterocycles. The lowest BCUT2D eigenvalue weighted by Crippen LogP contribution is -2.43. The standard InChI is InChI=1S/C21H27ClN4O/c1-2-26(16-9-4-3-5-10-16)14-8-13-23-21(27)20-15-19(24-25-20)17-11-6-7-12-18(17)22/h3-7,9-12,19-20,24-25H,2,8,13-15H2,1H3,(H,23,27). The summed E-state index contributed by atoms with van der Waals surface area (Å²) in [4.78, 5) is 14.7. The Kier molecular flexibility index (Phi) is 7.10. The fourth-order valence-electron chi connectivity index (χ4n) is 3.40. The zero-order valence-electron chi connectivity index (χ0n) is 15.6. The lowest BCUT2D eigenvalue weighted by molar-refractivity contribution is -0.122. The van der Waals surface area contributed by atoms with Crippen LogP contribution in [0.25, 0.3) is 0 Å². The molecule has 0 saturated carbocycles. The van der Waals surface area contributed by atoms with Crippen LogP contribution in [0, 0.1) is 0 Å². The maximum absolute atomic E-state index is 12.4. The number of amides is 1. The van der Waals surface area contributed by atoms with Crippen molar-refractivity contribution in [2.75, 3.05) is 24.5 Å². The van der Waals surface area contributed by atoms with Crippen LogP contribution in [0.1, 0.15) is 31.4 Å². The van der Waals surface area contributed by atoms with Gasteiger partial charge in [0.2, 0.25) is 5.91 Å². The maximum atomic E-state index is 12.4. The molecule has 2 atom stereocenters. The summed E-state index contributed by atoms with van der Waals surface area (Å²) in [6.45, 7) is 4.68. The summed E-state index contributed by atoms with van der Waals surface area (Å²) in [7, 11) is 0. The summed E-state index contributed by atoms with van der Waals surface area (Å²) < 4.78 is 0. The topological polar surface area (TPSA) is 56.4 Å². The van der Waals surface area contributed by atoms with Gasteiger partial charge < -0.3 is 10.2 Å². The van der Waals surface area contributed by atoms with Crippen molar-refractivity contribution in [1.29, 1.82) is 0 Å². The average Bonchev–Trinajstić information content (AvgIpc) is 3.19. The minimum Gasteiger partial charge on any atom is -0.372 e. The van der Waals surface area contributed by atoms with E-state index in [0.717, 1.165) is 30.1 Å². The van der Waals surface area contributed by atoms with Gasteiger partial charge in [0.1, 0.15) is 6.04 Å². The minimum absolute atomic E-state index is 0.0276. The fourth-order valence-corrected chi connectivity index (χ4v) is 3.67. The Balaban J connectivity index is 1.42. The van der Waals surface area contributed by atoms with E-state index in [1.807, 2.05) is 42.5 Å². The maximum Gasteiger partial charge on any atom is 0.238 e. The fraction of sp³-hybridized carbons (Fsp3) is 0.381. The third-order valence-electron chi connectivity index (χ3n) is 4.91. The number of nitrogens with one attached hydrogen (secondary N) is 3. The van der Waals surface area contributed by atoms with Crippen LogP contribution in [0.15, 0.2) is 54.6 Å². The smallest absolute Gasteiger partial charge is 0.238 e. The summed E-state index contributed by atoms with van der Waals surface area (Å²) in [6, 6.07) is 17.9. The number of nitrogens with zero attached hydrogens (tertiary/aromatic N) is 1. The van der Waals surface area contributed by atoms with Crippen molar-refractivity contribution in [3.8, 4) is 0 Å². The molecule has 0 aliphatic carbocycles. The van der Waals surface area contributed by atoms with Gasteiger partial charge in [-0.3, -0.25) is 4.79 Å². The van der Waals surface area contributed by atoms with E-state index in [-0.39, 0.29) is 18.0 Å². The van der Waals surface area contributed by atoms with Crippen molar-refractivity contribution in [3.63, 3.8) is 0 Å². The Morgan fingerprint density at radius 1 is 1.15 bits per heavy atom. The molecule has 27 heavy (non-hydrogen) atoms. The lowest BCUT2D eigenvalue weighted by atomic mass is 10.0. The van der Waals surface area contributed by atoms with E-state index in [1.165, 1.54) is 5.69 Å². The predicted molar refractivity (Wildman–Crippen MR) is 111 cm³/mol. The molecule has 1 amide bonds. The SMILES string of the molecule is CCN(CCCNC(=O)C1CC(c2ccccc2Cl)NN1)c1ccccc1. The number of para-hydroxylation sites is 1. The number of hydrogen-bond acceptors (Lipinski definition) is 4. The Labute approximate surface area is 166 Å². The van der Waals surface area contributed by atoms with Crippen molar-refractivity contribution < 1.29 is 4.79 Å². The molecular formula is C21H27ClN4O. The molecule has 3 N–H and O–H groups in total. The highest BCUT2D eigenvalue weighted by Crippen LogP contribution is 2.28. The molecule has 6 heteroatoms. The second-order valence-electron chi connectivity index (χ2n) is 6.71. The number of rotatable bonds is 8. The Morgan fingerprint density at radius 2 is 1.89 bits per heavy atom. The van der Waals surface area contributed by atoms with Crippen LogP contribution < -0.4 is 21.1 Å².